The molecule has 0 aliphatic carbocycles. The zero-order chi connectivity index (χ0) is 23.9. The Balaban J connectivity index is 1.30. The van der Waals surface area contributed by atoms with Gasteiger partial charge in [0.1, 0.15) is 11.4 Å². The quantitative estimate of drug-likeness (QED) is 0.700. The van der Waals surface area contributed by atoms with Crippen molar-refractivity contribution in [2.45, 2.75) is 24.7 Å². The number of benzene rings is 1. The summed E-state index contributed by atoms with van der Waals surface area (Å²) >= 11 is 1.78. The number of hydrogen-bond donors (Lipinski definition) is 1. The number of methoxy groups -OCH3 is 1. The van der Waals surface area contributed by atoms with Crippen LogP contribution in [0.1, 0.15) is 12.1 Å². The van der Waals surface area contributed by atoms with Gasteiger partial charge in [-0.25, -0.2) is 4.98 Å². The number of anilines is 1. The number of ether oxygens (including phenoxy) is 1. The molecule has 0 bridgehead atoms. The first-order valence-electron chi connectivity index (χ1n) is 11.5. The Morgan fingerprint density at radius 3 is 2.65 bits per heavy atom. The van der Waals surface area contributed by atoms with Crippen LogP contribution in [0.25, 0.3) is 10.9 Å². The van der Waals surface area contributed by atoms with Crippen LogP contribution in [0, 0.1) is 0 Å². The molecule has 2 atom stereocenters. The van der Waals surface area contributed by atoms with Gasteiger partial charge in [-0.05, 0) is 30.7 Å². The average molecular weight is 496 g/mol. The van der Waals surface area contributed by atoms with E-state index in [1.165, 1.54) is 7.11 Å². The minimum absolute atomic E-state index is 0.146. The molecule has 1 aromatic heterocycles. The molecule has 1 aromatic carbocycles. The molecule has 0 spiro atoms. The highest BCUT2D eigenvalue weighted by atomic mass is 32.2. The lowest BCUT2D eigenvalue weighted by atomic mass is 10.1. The Bertz CT molecular complexity index is 1050. The van der Waals surface area contributed by atoms with E-state index >= 15 is 0 Å². The molecule has 4 heterocycles. The molecule has 0 saturated carbocycles. The van der Waals surface area contributed by atoms with E-state index in [-0.39, 0.29) is 18.0 Å². The number of piperazine rings is 1. The SMILES string of the molecule is COc1ccc2nc(C(F)(F)F)cc(N3CCN([C@@H]4CN[C@H](C(=O)N5CCSC5)C4)CC3)c2c1. The van der Waals surface area contributed by atoms with Gasteiger partial charge in [0.25, 0.3) is 0 Å². The van der Waals surface area contributed by atoms with Crippen molar-refractivity contribution in [2.75, 3.05) is 62.9 Å². The summed E-state index contributed by atoms with van der Waals surface area (Å²) < 4.78 is 45.9. The lowest BCUT2D eigenvalue weighted by molar-refractivity contribution is -0.141. The Morgan fingerprint density at radius 2 is 1.97 bits per heavy atom. The zero-order valence-corrected chi connectivity index (χ0v) is 19.8. The van der Waals surface area contributed by atoms with Gasteiger partial charge in [0.2, 0.25) is 5.91 Å². The number of alkyl halides is 3. The van der Waals surface area contributed by atoms with Crippen LogP contribution in [-0.4, -0.2) is 90.8 Å². The van der Waals surface area contributed by atoms with Crippen LogP contribution < -0.4 is 15.0 Å². The fraction of sp³-hybridized carbons (Fsp3) is 0.565. The third-order valence-electron chi connectivity index (χ3n) is 6.93. The number of rotatable bonds is 4. The third-order valence-corrected chi connectivity index (χ3v) is 7.89. The largest absolute Gasteiger partial charge is 0.497 e. The van der Waals surface area contributed by atoms with Gasteiger partial charge >= 0.3 is 6.18 Å². The van der Waals surface area contributed by atoms with Gasteiger partial charge in [-0.1, -0.05) is 0 Å². The molecule has 7 nitrogen and oxygen atoms in total. The number of thioether (sulfide) groups is 1. The van der Waals surface area contributed by atoms with Crippen LogP contribution >= 0.6 is 11.8 Å². The third kappa shape index (κ3) is 4.65. The molecular weight excluding hydrogens is 467 g/mol. The van der Waals surface area contributed by atoms with Crippen molar-refractivity contribution < 1.29 is 22.7 Å². The highest BCUT2D eigenvalue weighted by Gasteiger charge is 2.38. The van der Waals surface area contributed by atoms with Crippen LogP contribution in [0.5, 0.6) is 5.75 Å². The standard InChI is InChI=1S/C23H28F3N5O2S/c1-33-16-2-3-18-17(11-16)20(12-21(28-18)23(24,25)26)30-6-4-29(5-7-30)15-10-19(27-13-15)22(32)31-8-9-34-14-31/h2-3,11-12,15,19,27H,4-10,13-14H2,1H3/t15-,19-/m0/s1. The summed E-state index contributed by atoms with van der Waals surface area (Å²) in [6.45, 7) is 4.22. The number of fused-ring (bicyclic) bond motifs is 1. The van der Waals surface area contributed by atoms with E-state index in [0.717, 1.165) is 50.3 Å². The summed E-state index contributed by atoms with van der Waals surface area (Å²) in [7, 11) is 1.54. The van der Waals surface area contributed by atoms with E-state index in [4.69, 9.17) is 4.74 Å². The van der Waals surface area contributed by atoms with E-state index < -0.39 is 11.9 Å². The first-order chi connectivity index (χ1) is 16.3. The van der Waals surface area contributed by atoms with Gasteiger partial charge in [-0.3, -0.25) is 9.69 Å². The van der Waals surface area contributed by atoms with Crippen molar-refractivity contribution in [3.05, 3.63) is 30.0 Å². The Morgan fingerprint density at radius 1 is 1.18 bits per heavy atom. The summed E-state index contributed by atoms with van der Waals surface area (Å²) in [6, 6.07) is 6.21. The molecule has 3 saturated heterocycles. The van der Waals surface area contributed by atoms with Gasteiger partial charge in [0.05, 0.1) is 24.5 Å². The average Bonchev–Trinajstić information content (AvgIpc) is 3.55. The number of hydrogen-bond acceptors (Lipinski definition) is 7. The van der Waals surface area contributed by atoms with E-state index in [9.17, 15) is 18.0 Å². The molecule has 3 aliphatic rings. The lowest BCUT2D eigenvalue weighted by Gasteiger charge is -2.39. The van der Waals surface area contributed by atoms with Crippen LogP contribution in [0.3, 0.4) is 0 Å². The molecule has 0 radical (unpaired) electrons. The molecule has 34 heavy (non-hydrogen) atoms. The Labute approximate surface area is 200 Å². The molecule has 1 amide bonds. The number of carbonyl (C=O) groups excluding carboxylic acids is 1. The predicted octanol–water partition coefficient (Wildman–Crippen LogP) is 2.65. The van der Waals surface area contributed by atoms with Crippen LogP contribution in [0.4, 0.5) is 18.9 Å². The normalized spacial score (nSPS) is 24.2. The minimum Gasteiger partial charge on any atom is -0.497 e. The van der Waals surface area contributed by atoms with Gasteiger partial charge in [0, 0.05) is 62.1 Å². The maximum Gasteiger partial charge on any atom is 0.433 e. The van der Waals surface area contributed by atoms with Crippen molar-refractivity contribution in [3.8, 4) is 5.75 Å². The van der Waals surface area contributed by atoms with Gasteiger partial charge < -0.3 is 19.9 Å². The molecule has 2 aromatic rings. The fourth-order valence-electron chi connectivity index (χ4n) is 5.04. The Hall–Kier alpha value is -2.24. The number of pyridine rings is 1. The highest BCUT2D eigenvalue weighted by molar-refractivity contribution is 7.99. The van der Waals surface area contributed by atoms with Gasteiger partial charge in [-0.15, -0.1) is 11.8 Å². The lowest BCUT2D eigenvalue weighted by Crippen LogP contribution is -2.51. The first kappa shape index (κ1) is 23.5. The summed E-state index contributed by atoms with van der Waals surface area (Å²) in [6.07, 6.45) is -3.75. The summed E-state index contributed by atoms with van der Waals surface area (Å²) in [5, 5.41) is 4.03. The summed E-state index contributed by atoms with van der Waals surface area (Å²) in [5.41, 5.74) is -0.0569. The molecule has 1 N–H and O–H groups in total. The van der Waals surface area contributed by atoms with Crippen molar-refractivity contribution in [1.29, 1.82) is 0 Å². The van der Waals surface area contributed by atoms with Crippen molar-refractivity contribution in [3.63, 3.8) is 0 Å². The van der Waals surface area contributed by atoms with Crippen LogP contribution in [0.2, 0.25) is 0 Å². The fourth-order valence-corrected chi connectivity index (χ4v) is 6.00. The maximum atomic E-state index is 13.5. The van der Waals surface area contributed by atoms with Crippen LogP contribution in [0.15, 0.2) is 24.3 Å². The molecule has 3 aliphatic heterocycles. The van der Waals surface area contributed by atoms with Crippen molar-refractivity contribution in [2.24, 2.45) is 0 Å². The maximum absolute atomic E-state index is 13.5. The van der Waals surface area contributed by atoms with Gasteiger partial charge in [0.15, 0.2) is 0 Å². The number of amides is 1. The number of aromatic nitrogens is 1. The van der Waals surface area contributed by atoms with Gasteiger partial charge in [-0.2, -0.15) is 13.2 Å². The predicted molar refractivity (Wildman–Crippen MR) is 126 cm³/mol. The number of carbonyl (C=O) groups is 1. The Kier molecular flexibility index (Phi) is 6.51. The van der Waals surface area contributed by atoms with E-state index in [1.54, 1.807) is 30.0 Å². The number of nitrogens with one attached hydrogen (secondary N) is 1. The molecular formula is C23H28F3N5O2S. The second kappa shape index (κ2) is 9.43. The second-order valence-corrected chi connectivity index (χ2v) is 9.99. The highest BCUT2D eigenvalue weighted by Crippen LogP contribution is 2.36. The van der Waals surface area contributed by atoms with Crippen molar-refractivity contribution in [1.82, 2.24) is 20.1 Å². The smallest absolute Gasteiger partial charge is 0.433 e. The van der Waals surface area contributed by atoms with Crippen LogP contribution in [-0.2, 0) is 11.0 Å². The molecule has 0 unspecified atom stereocenters. The summed E-state index contributed by atoms with van der Waals surface area (Å²) in [4.78, 5) is 22.8. The molecule has 5 rings (SSSR count). The van der Waals surface area contributed by atoms with Crippen molar-refractivity contribution >= 4 is 34.3 Å². The van der Waals surface area contributed by atoms with E-state index in [2.05, 4.69) is 15.2 Å². The summed E-state index contributed by atoms with van der Waals surface area (Å²) in [5.74, 6) is 2.53. The topological polar surface area (TPSA) is 60.9 Å². The molecule has 11 heteroatoms. The zero-order valence-electron chi connectivity index (χ0n) is 19.0. The monoisotopic (exact) mass is 495 g/mol. The minimum atomic E-state index is -4.52. The van der Waals surface area contributed by atoms with E-state index in [1.807, 2.05) is 9.80 Å². The molecule has 184 valence electrons. The second-order valence-electron chi connectivity index (χ2n) is 8.92. The van der Waals surface area contributed by atoms with E-state index in [0.29, 0.717) is 35.4 Å². The molecule has 3 fully saturated rings. The number of halogens is 3. The number of nitrogens with zero attached hydrogens (tertiary/aromatic N) is 4. The first-order valence-corrected chi connectivity index (χ1v) is 12.6.